The molecule has 2 aromatic carbocycles. The molecule has 0 aliphatic carbocycles. The van der Waals surface area contributed by atoms with Crippen LogP contribution in [0, 0.1) is 27.6 Å². The van der Waals surface area contributed by atoms with Crippen LogP contribution in [-0.2, 0) is 25.7 Å². The molecule has 10 heteroatoms. The number of fused-ring (bicyclic) bond motifs is 1. The molecule has 0 fully saturated rings. The minimum absolute atomic E-state index is 0.000288. The molecule has 0 radical (unpaired) electrons. The van der Waals surface area contributed by atoms with E-state index in [4.69, 9.17) is 18.9 Å². The highest BCUT2D eigenvalue weighted by Gasteiger charge is 2.33. The monoisotopic (exact) mass is 733 g/mol. The first-order chi connectivity index (χ1) is 24.3. The van der Waals surface area contributed by atoms with Crippen LogP contribution in [0.15, 0.2) is 41.2 Å². The van der Waals surface area contributed by atoms with Crippen LogP contribution in [0.2, 0.25) is 0 Å². The number of nitrogens with zero attached hydrogens (tertiary/aromatic N) is 1. The first kappa shape index (κ1) is 42.9. The third-order valence-corrected chi connectivity index (χ3v) is 8.64. The van der Waals surface area contributed by atoms with E-state index < -0.39 is 51.0 Å². The van der Waals surface area contributed by atoms with Crippen molar-refractivity contribution in [1.82, 2.24) is 4.57 Å². The SMILES string of the molecule is CCCCC(CC)Cn1c(-c2ccc(OC(=O)C(C)(C)C)cc2)c(OC(=O)C(C)(C)C)c(=O)c2c(OC(=O)C(C)(C)C)cc(OC(=O)C(C)(C)C)cc21. The fourth-order valence-electron chi connectivity index (χ4n) is 5.07. The molecule has 0 bridgehead atoms. The van der Waals surface area contributed by atoms with E-state index in [9.17, 15) is 24.0 Å². The van der Waals surface area contributed by atoms with Gasteiger partial charge in [0.1, 0.15) is 17.2 Å². The average Bonchev–Trinajstić information content (AvgIpc) is 3.03. The van der Waals surface area contributed by atoms with Crippen molar-refractivity contribution >= 4 is 34.8 Å². The Morgan fingerprint density at radius 1 is 0.642 bits per heavy atom. The first-order valence-corrected chi connectivity index (χ1v) is 18.5. The van der Waals surface area contributed by atoms with Crippen LogP contribution in [0.4, 0.5) is 0 Å². The van der Waals surface area contributed by atoms with Gasteiger partial charge < -0.3 is 23.5 Å². The molecule has 1 atom stereocenters. The highest BCUT2D eigenvalue weighted by atomic mass is 16.6. The van der Waals surface area contributed by atoms with Crippen LogP contribution in [0.1, 0.15) is 123 Å². The van der Waals surface area contributed by atoms with E-state index in [2.05, 4.69) is 13.8 Å². The van der Waals surface area contributed by atoms with Gasteiger partial charge in [0.05, 0.1) is 38.3 Å². The van der Waals surface area contributed by atoms with Gasteiger partial charge in [-0.05, 0) is 120 Å². The number of ether oxygens (including phenoxy) is 4. The standard InChI is InChI=1S/C43H59NO9/c1-15-17-18-26(16-2)25-44-30-23-29(51-37(47)41(6,7)8)24-31(52-38(48)42(9,10)11)32(30)34(45)35(53-39(49)43(12,13)14)33(44)27-19-21-28(22-20-27)50-36(46)40(3,4)5/h19-24,26H,15-18,25H2,1-14H3. The highest BCUT2D eigenvalue weighted by molar-refractivity contribution is 5.95. The van der Waals surface area contributed by atoms with E-state index in [0.717, 1.165) is 25.7 Å². The highest BCUT2D eigenvalue weighted by Crippen LogP contribution is 2.40. The summed E-state index contributed by atoms with van der Waals surface area (Å²) in [6.45, 7) is 25.2. The molecule has 0 spiro atoms. The van der Waals surface area contributed by atoms with Gasteiger partial charge in [0, 0.05) is 24.2 Å². The van der Waals surface area contributed by atoms with Crippen molar-refractivity contribution in [3.63, 3.8) is 0 Å². The van der Waals surface area contributed by atoms with E-state index in [0.29, 0.717) is 29.1 Å². The van der Waals surface area contributed by atoms with Gasteiger partial charge in [-0.1, -0.05) is 33.1 Å². The van der Waals surface area contributed by atoms with Gasteiger partial charge in [-0.25, -0.2) is 0 Å². The second-order valence-electron chi connectivity index (χ2n) is 17.9. The summed E-state index contributed by atoms with van der Waals surface area (Å²) in [6.07, 6.45) is 3.63. The fraction of sp³-hybridized carbons (Fsp3) is 0.558. The number of aromatic nitrogens is 1. The molecule has 0 amide bonds. The van der Waals surface area contributed by atoms with Crippen molar-refractivity contribution in [3.05, 3.63) is 46.6 Å². The van der Waals surface area contributed by atoms with E-state index in [1.54, 1.807) is 113 Å². The summed E-state index contributed by atoms with van der Waals surface area (Å²) in [4.78, 5) is 67.8. The summed E-state index contributed by atoms with van der Waals surface area (Å²) in [5, 5.41) is -0.000288. The molecular weight excluding hydrogens is 674 g/mol. The lowest BCUT2D eigenvalue weighted by molar-refractivity contribution is -0.144. The Labute approximate surface area is 314 Å². The summed E-state index contributed by atoms with van der Waals surface area (Å²) in [6, 6.07) is 9.62. The number of hydrogen-bond acceptors (Lipinski definition) is 9. The Morgan fingerprint density at radius 2 is 1.11 bits per heavy atom. The molecule has 0 saturated heterocycles. The lowest BCUT2D eigenvalue weighted by Gasteiger charge is -2.27. The van der Waals surface area contributed by atoms with E-state index in [1.165, 1.54) is 6.07 Å². The summed E-state index contributed by atoms with van der Waals surface area (Å²) in [5.74, 6) is -2.04. The van der Waals surface area contributed by atoms with Crippen molar-refractivity contribution in [2.24, 2.45) is 27.6 Å². The molecule has 1 aromatic heterocycles. The number of hydrogen-bond donors (Lipinski definition) is 0. The maximum Gasteiger partial charge on any atom is 0.316 e. The summed E-state index contributed by atoms with van der Waals surface area (Å²) in [7, 11) is 0. The third-order valence-electron chi connectivity index (χ3n) is 8.64. The Hall–Kier alpha value is -4.47. The molecule has 0 aliphatic rings. The molecule has 0 aliphatic heterocycles. The number of esters is 4. The van der Waals surface area contributed by atoms with Crippen LogP contribution in [0.25, 0.3) is 22.2 Å². The van der Waals surface area contributed by atoms with Crippen LogP contribution in [-0.4, -0.2) is 28.4 Å². The Balaban J connectivity index is 2.58. The molecule has 3 rings (SSSR count). The third kappa shape index (κ3) is 10.8. The summed E-state index contributed by atoms with van der Waals surface area (Å²) in [5.41, 5.74) is -3.07. The molecule has 1 heterocycles. The zero-order valence-electron chi connectivity index (χ0n) is 34.2. The first-order valence-electron chi connectivity index (χ1n) is 18.5. The predicted octanol–water partition coefficient (Wildman–Crippen LogP) is 9.69. The van der Waals surface area contributed by atoms with Gasteiger partial charge in [-0.15, -0.1) is 0 Å². The predicted molar refractivity (Wildman–Crippen MR) is 207 cm³/mol. The number of benzene rings is 2. The van der Waals surface area contributed by atoms with Crippen molar-refractivity contribution in [3.8, 4) is 34.3 Å². The van der Waals surface area contributed by atoms with Crippen molar-refractivity contribution < 1.29 is 38.1 Å². The maximum absolute atomic E-state index is 14.9. The van der Waals surface area contributed by atoms with E-state index >= 15 is 0 Å². The number of carbonyl (C=O) groups is 4. The van der Waals surface area contributed by atoms with Gasteiger partial charge in [-0.3, -0.25) is 24.0 Å². The molecule has 53 heavy (non-hydrogen) atoms. The lowest BCUT2D eigenvalue weighted by Crippen LogP contribution is -2.30. The largest absolute Gasteiger partial charge is 0.426 e. The van der Waals surface area contributed by atoms with Gasteiger partial charge in [0.2, 0.25) is 11.2 Å². The second-order valence-corrected chi connectivity index (χ2v) is 17.9. The van der Waals surface area contributed by atoms with Gasteiger partial charge in [0.25, 0.3) is 0 Å². The number of carbonyl (C=O) groups excluding carboxylic acids is 4. The van der Waals surface area contributed by atoms with Crippen LogP contribution in [0.5, 0.6) is 23.0 Å². The molecule has 0 saturated carbocycles. The normalized spacial score (nSPS) is 13.0. The van der Waals surface area contributed by atoms with E-state index in [-0.39, 0.29) is 28.6 Å². The van der Waals surface area contributed by atoms with Gasteiger partial charge >= 0.3 is 23.9 Å². The Bertz CT molecular complexity index is 1890. The topological polar surface area (TPSA) is 127 Å². The summed E-state index contributed by atoms with van der Waals surface area (Å²) < 4.78 is 25.4. The van der Waals surface area contributed by atoms with Crippen LogP contribution in [0.3, 0.4) is 0 Å². The molecule has 290 valence electrons. The van der Waals surface area contributed by atoms with Crippen LogP contribution >= 0.6 is 0 Å². The number of unbranched alkanes of at least 4 members (excludes halogenated alkanes) is 1. The van der Waals surface area contributed by atoms with Gasteiger partial charge in [-0.2, -0.15) is 0 Å². The van der Waals surface area contributed by atoms with Crippen molar-refractivity contribution in [2.75, 3.05) is 0 Å². The minimum atomic E-state index is -0.978. The van der Waals surface area contributed by atoms with E-state index in [1.807, 2.05) is 4.57 Å². The molecular formula is C43H59NO9. The van der Waals surface area contributed by atoms with Gasteiger partial charge in [0.15, 0.2) is 0 Å². The summed E-state index contributed by atoms with van der Waals surface area (Å²) >= 11 is 0. The average molecular weight is 734 g/mol. The quantitative estimate of drug-likeness (QED) is 0.140. The number of rotatable bonds is 11. The lowest BCUT2D eigenvalue weighted by atomic mass is 9.96. The molecule has 0 N–H and O–H groups in total. The molecule has 3 aromatic rings. The molecule has 10 nitrogen and oxygen atoms in total. The Morgan fingerprint density at radius 3 is 1.58 bits per heavy atom. The smallest absolute Gasteiger partial charge is 0.316 e. The Kier molecular flexibility index (Phi) is 13.2. The zero-order chi connectivity index (χ0) is 40.3. The van der Waals surface area contributed by atoms with Crippen molar-refractivity contribution in [2.45, 2.75) is 129 Å². The maximum atomic E-state index is 14.9. The minimum Gasteiger partial charge on any atom is -0.426 e. The fourth-order valence-corrected chi connectivity index (χ4v) is 5.07. The number of pyridine rings is 1. The second kappa shape index (κ2) is 16.3. The van der Waals surface area contributed by atoms with Crippen molar-refractivity contribution in [1.29, 1.82) is 0 Å². The van der Waals surface area contributed by atoms with Crippen LogP contribution < -0.4 is 24.4 Å². The molecule has 1 unspecified atom stereocenters. The zero-order valence-corrected chi connectivity index (χ0v) is 34.2.